The maximum atomic E-state index is 4.43. The largest absolute Gasteiger partial charge is 0.309 e. The molecule has 0 fully saturated rings. The highest BCUT2D eigenvalue weighted by Gasteiger charge is 2.37. The van der Waals surface area contributed by atoms with Crippen LogP contribution in [0.3, 0.4) is 0 Å². The average Bonchev–Trinajstić information content (AvgIpc) is 3.62. The van der Waals surface area contributed by atoms with E-state index in [0.29, 0.717) is 0 Å². The molecule has 0 saturated carbocycles. The number of fused-ring (bicyclic) bond motifs is 7. The molecule has 1 aliphatic rings. The van der Waals surface area contributed by atoms with Gasteiger partial charge in [0, 0.05) is 39.8 Å². The van der Waals surface area contributed by atoms with E-state index in [1.807, 2.05) is 18.5 Å². The van der Waals surface area contributed by atoms with Crippen molar-refractivity contribution in [3.63, 3.8) is 0 Å². The van der Waals surface area contributed by atoms with E-state index in [-0.39, 0.29) is 5.41 Å². The summed E-state index contributed by atoms with van der Waals surface area (Å²) in [5, 5.41) is 10.5. The lowest BCUT2D eigenvalue weighted by molar-refractivity contribution is 0.661. The molecule has 0 spiro atoms. The lowest BCUT2D eigenvalue weighted by Gasteiger charge is -2.23. The second-order valence-corrected chi connectivity index (χ2v) is 14.4. The molecule has 8 aromatic carbocycles. The SMILES string of the molecule is CC1(C)c2cc(-c3ccc4c(c3)c3ccccc3n4-c3ccccc3)ccc2-c2c1cc1ccc3c(-c4cccnc4)ccc4ccc2c1c43. The fourth-order valence-electron chi connectivity index (χ4n) is 9.04. The van der Waals surface area contributed by atoms with Crippen molar-refractivity contribution in [2.24, 2.45) is 0 Å². The van der Waals surface area contributed by atoms with Crippen LogP contribution in [0.2, 0.25) is 0 Å². The number of benzene rings is 8. The molecule has 234 valence electrons. The van der Waals surface area contributed by atoms with Gasteiger partial charge in [0.2, 0.25) is 0 Å². The fourth-order valence-corrected chi connectivity index (χ4v) is 9.04. The van der Waals surface area contributed by atoms with Crippen molar-refractivity contribution in [3.05, 3.63) is 169 Å². The molecule has 2 heteroatoms. The number of nitrogens with zero attached hydrogens (tertiary/aromatic N) is 2. The Morgan fingerprint density at radius 1 is 0.480 bits per heavy atom. The highest BCUT2D eigenvalue weighted by Crippen LogP contribution is 2.54. The van der Waals surface area contributed by atoms with E-state index in [0.717, 1.165) is 5.56 Å². The number of pyridine rings is 1. The van der Waals surface area contributed by atoms with Gasteiger partial charge in [-0.05, 0) is 120 Å². The maximum Gasteiger partial charge on any atom is 0.0541 e. The minimum atomic E-state index is -0.139. The lowest BCUT2D eigenvalue weighted by atomic mass is 9.80. The second-order valence-electron chi connectivity index (χ2n) is 14.4. The summed E-state index contributed by atoms with van der Waals surface area (Å²) in [6.07, 6.45) is 3.81. The number of para-hydroxylation sites is 2. The molecule has 2 nitrogen and oxygen atoms in total. The van der Waals surface area contributed by atoms with Crippen molar-refractivity contribution in [1.82, 2.24) is 9.55 Å². The number of hydrogen-bond donors (Lipinski definition) is 0. The highest BCUT2D eigenvalue weighted by atomic mass is 15.0. The molecule has 50 heavy (non-hydrogen) atoms. The van der Waals surface area contributed by atoms with Crippen molar-refractivity contribution >= 4 is 54.1 Å². The van der Waals surface area contributed by atoms with Crippen LogP contribution in [0.25, 0.3) is 93.2 Å². The first-order valence-electron chi connectivity index (χ1n) is 17.5. The first kappa shape index (κ1) is 27.7. The van der Waals surface area contributed by atoms with Gasteiger partial charge < -0.3 is 4.57 Å². The van der Waals surface area contributed by atoms with Gasteiger partial charge >= 0.3 is 0 Å². The Kier molecular flexibility index (Phi) is 5.48. The summed E-state index contributed by atoms with van der Waals surface area (Å²) < 4.78 is 2.38. The van der Waals surface area contributed by atoms with Gasteiger partial charge in [0.1, 0.15) is 0 Å². The molecule has 0 radical (unpaired) electrons. The van der Waals surface area contributed by atoms with Crippen molar-refractivity contribution in [2.75, 3.05) is 0 Å². The van der Waals surface area contributed by atoms with E-state index in [1.54, 1.807) is 0 Å². The number of rotatable bonds is 3. The first-order chi connectivity index (χ1) is 24.6. The molecule has 0 aliphatic heterocycles. The average molecular weight is 637 g/mol. The van der Waals surface area contributed by atoms with Gasteiger partial charge in [0.15, 0.2) is 0 Å². The number of hydrogen-bond acceptors (Lipinski definition) is 1. The van der Waals surface area contributed by atoms with Gasteiger partial charge in [-0.25, -0.2) is 0 Å². The summed E-state index contributed by atoms with van der Waals surface area (Å²) in [6, 6.07) is 54.1. The Balaban J connectivity index is 1.11. The zero-order valence-electron chi connectivity index (χ0n) is 27.9. The normalized spacial score (nSPS) is 13.6. The molecule has 0 N–H and O–H groups in total. The van der Waals surface area contributed by atoms with Gasteiger partial charge in [0.05, 0.1) is 11.0 Å². The molecule has 0 unspecified atom stereocenters. The van der Waals surface area contributed by atoms with Crippen LogP contribution in [-0.2, 0) is 5.41 Å². The molecular weight excluding hydrogens is 605 g/mol. The van der Waals surface area contributed by atoms with Crippen molar-refractivity contribution in [1.29, 1.82) is 0 Å². The summed E-state index contributed by atoms with van der Waals surface area (Å²) in [5.74, 6) is 0. The topological polar surface area (TPSA) is 17.8 Å². The van der Waals surface area contributed by atoms with Crippen LogP contribution >= 0.6 is 0 Å². The minimum absolute atomic E-state index is 0.139. The van der Waals surface area contributed by atoms with Crippen LogP contribution in [0.4, 0.5) is 0 Å². The lowest BCUT2D eigenvalue weighted by Crippen LogP contribution is -2.15. The third kappa shape index (κ3) is 3.65. The molecule has 0 saturated heterocycles. The summed E-state index contributed by atoms with van der Waals surface area (Å²) in [4.78, 5) is 4.43. The van der Waals surface area contributed by atoms with Crippen LogP contribution in [0, 0.1) is 0 Å². The predicted octanol–water partition coefficient (Wildman–Crippen LogP) is 12.7. The zero-order valence-corrected chi connectivity index (χ0v) is 27.9. The molecule has 0 bridgehead atoms. The molecule has 2 aromatic heterocycles. The van der Waals surface area contributed by atoms with Crippen molar-refractivity contribution < 1.29 is 0 Å². The van der Waals surface area contributed by atoms with Crippen molar-refractivity contribution in [2.45, 2.75) is 19.3 Å². The Morgan fingerprint density at radius 2 is 1.20 bits per heavy atom. The van der Waals surface area contributed by atoms with E-state index in [1.165, 1.54) is 98.8 Å². The summed E-state index contributed by atoms with van der Waals surface area (Å²) in [5.41, 5.74) is 13.9. The Morgan fingerprint density at radius 3 is 2.08 bits per heavy atom. The fraction of sp³-hybridized carbons (Fsp3) is 0.0625. The van der Waals surface area contributed by atoms with E-state index >= 15 is 0 Å². The monoisotopic (exact) mass is 636 g/mol. The molecular formula is C48H32N2. The molecule has 0 amide bonds. The van der Waals surface area contributed by atoms with E-state index in [9.17, 15) is 0 Å². The first-order valence-corrected chi connectivity index (χ1v) is 17.5. The van der Waals surface area contributed by atoms with Crippen molar-refractivity contribution in [3.8, 4) is 39.1 Å². The Bertz CT molecular complexity index is 2980. The standard InChI is InChI=1S/C48H32N2/c1-48(2)41-26-31(30-18-23-44-40(25-30)36-12-6-7-13-43(36)50(44)34-10-4-3-5-11-34)16-21-38(41)47-39-22-15-29-14-19-35(33-9-8-24-49-28-33)37-20-17-32(27-42(47)48)46(39)45(29)37/h3-28H,1-2H3. The van der Waals surface area contributed by atoms with Crippen LogP contribution in [0.5, 0.6) is 0 Å². The second kappa shape index (κ2) is 9.90. The molecule has 11 rings (SSSR count). The third-order valence-electron chi connectivity index (χ3n) is 11.4. The Hall–Kier alpha value is -6.25. The van der Waals surface area contributed by atoms with Gasteiger partial charge in [-0.3, -0.25) is 4.98 Å². The zero-order chi connectivity index (χ0) is 33.1. The van der Waals surface area contributed by atoms with Crippen LogP contribution in [0.1, 0.15) is 25.0 Å². The highest BCUT2D eigenvalue weighted by molar-refractivity contribution is 6.28. The maximum absolute atomic E-state index is 4.43. The van der Waals surface area contributed by atoms with Crippen LogP contribution in [0.15, 0.2) is 158 Å². The molecule has 2 heterocycles. The summed E-state index contributed by atoms with van der Waals surface area (Å²) >= 11 is 0. The Labute approximate surface area is 290 Å². The molecule has 10 aromatic rings. The molecule has 0 atom stereocenters. The van der Waals surface area contributed by atoms with E-state index in [2.05, 4.69) is 163 Å². The van der Waals surface area contributed by atoms with Gasteiger partial charge in [-0.15, -0.1) is 0 Å². The third-order valence-corrected chi connectivity index (χ3v) is 11.4. The van der Waals surface area contributed by atoms with Crippen LogP contribution in [-0.4, -0.2) is 9.55 Å². The predicted molar refractivity (Wildman–Crippen MR) is 211 cm³/mol. The van der Waals surface area contributed by atoms with Gasteiger partial charge in [-0.1, -0.05) is 111 Å². The van der Waals surface area contributed by atoms with E-state index in [4.69, 9.17) is 0 Å². The van der Waals surface area contributed by atoms with Gasteiger partial charge in [-0.2, -0.15) is 0 Å². The minimum Gasteiger partial charge on any atom is -0.309 e. The quantitative estimate of drug-likeness (QED) is 0.176. The summed E-state index contributed by atoms with van der Waals surface area (Å²) in [6.45, 7) is 4.80. The smallest absolute Gasteiger partial charge is 0.0541 e. The van der Waals surface area contributed by atoms with E-state index < -0.39 is 0 Å². The molecule has 1 aliphatic carbocycles. The van der Waals surface area contributed by atoms with Gasteiger partial charge in [0.25, 0.3) is 0 Å². The number of aromatic nitrogens is 2. The summed E-state index contributed by atoms with van der Waals surface area (Å²) in [7, 11) is 0. The van der Waals surface area contributed by atoms with Crippen LogP contribution < -0.4 is 0 Å².